The van der Waals surface area contributed by atoms with Gasteiger partial charge in [-0.15, -0.1) is 24.8 Å². The van der Waals surface area contributed by atoms with Crippen LogP contribution < -0.4 is 25.4 Å². The van der Waals surface area contributed by atoms with Gasteiger partial charge in [-0.25, -0.2) is 0 Å². The van der Waals surface area contributed by atoms with Gasteiger partial charge in [-0.1, -0.05) is 42.5 Å². The van der Waals surface area contributed by atoms with E-state index in [1.165, 1.54) is 7.11 Å². The summed E-state index contributed by atoms with van der Waals surface area (Å²) in [6, 6.07) is 27.6. The zero-order valence-corrected chi connectivity index (χ0v) is 32.9. The molecule has 3 N–H and O–H groups in total. The van der Waals surface area contributed by atoms with Crippen LogP contribution in [-0.4, -0.2) is 88.1 Å². The molecule has 13 heteroatoms. The topological polar surface area (TPSA) is 127 Å². The second-order valence-electron chi connectivity index (χ2n) is 13.0. The van der Waals surface area contributed by atoms with Crippen LogP contribution in [0.5, 0.6) is 11.5 Å². The molecule has 0 aromatic heterocycles. The summed E-state index contributed by atoms with van der Waals surface area (Å²) in [6.45, 7) is 3.05. The highest BCUT2D eigenvalue weighted by molar-refractivity contribution is 6.09. The maximum absolute atomic E-state index is 13.5. The van der Waals surface area contributed by atoms with E-state index in [0.29, 0.717) is 78.4 Å². The number of carbonyl (C=O) groups excluding carboxylic acids is 3. The number of carbonyl (C=O) groups is 3. The van der Waals surface area contributed by atoms with Gasteiger partial charge in [0.1, 0.15) is 11.5 Å². The standard InChI is InChI=1S/C41H49N5O6.2ClH/c1-44(2)32-20-23-46(24-21-32)41(49)34-11-6-5-10-31(34)28-51-27-29-14-17-33(18-15-29)45(3)40(48)30-16-19-36(38(26-30)50-4)43-39(47)35-12-7-8-13-37(35)52-25-9-22-42;;/h5-8,10-19,26,32H,9,20-25,27-28,42H2,1-4H3,(H,43,47);2*1H. The first-order valence-corrected chi connectivity index (χ1v) is 17.6. The smallest absolute Gasteiger partial charge is 0.259 e. The number of anilines is 2. The van der Waals surface area contributed by atoms with Gasteiger partial charge in [0.2, 0.25) is 0 Å². The van der Waals surface area contributed by atoms with Gasteiger partial charge in [-0.3, -0.25) is 14.4 Å². The molecule has 3 amide bonds. The summed E-state index contributed by atoms with van der Waals surface area (Å²) in [4.78, 5) is 45.8. The number of benzene rings is 4. The fourth-order valence-electron chi connectivity index (χ4n) is 6.18. The molecule has 0 atom stereocenters. The van der Waals surface area contributed by atoms with Crippen molar-refractivity contribution in [3.63, 3.8) is 0 Å². The van der Waals surface area contributed by atoms with Crippen molar-refractivity contribution in [1.29, 1.82) is 0 Å². The Kier molecular flexibility index (Phi) is 17.3. The van der Waals surface area contributed by atoms with Crippen LogP contribution in [0.25, 0.3) is 0 Å². The molecule has 290 valence electrons. The van der Waals surface area contributed by atoms with Crippen LogP contribution >= 0.6 is 24.8 Å². The molecule has 1 heterocycles. The van der Waals surface area contributed by atoms with Gasteiger partial charge < -0.3 is 40.0 Å². The lowest BCUT2D eigenvalue weighted by molar-refractivity contribution is 0.0652. The van der Waals surface area contributed by atoms with E-state index in [9.17, 15) is 14.4 Å². The first-order valence-electron chi connectivity index (χ1n) is 17.6. The largest absolute Gasteiger partial charge is 0.495 e. The lowest BCUT2D eigenvalue weighted by Crippen LogP contribution is -2.44. The predicted octanol–water partition coefficient (Wildman–Crippen LogP) is 6.68. The highest BCUT2D eigenvalue weighted by Gasteiger charge is 2.26. The van der Waals surface area contributed by atoms with Crippen LogP contribution in [-0.2, 0) is 18.0 Å². The summed E-state index contributed by atoms with van der Waals surface area (Å²) in [7, 11) is 7.37. The molecular formula is C41H51Cl2N5O6. The highest BCUT2D eigenvalue weighted by Crippen LogP contribution is 2.29. The van der Waals surface area contributed by atoms with E-state index >= 15 is 0 Å². The molecule has 0 unspecified atom stereocenters. The minimum atomic E-state index is -0.365. The van der Waals surface area contributed by atoms with E-state index in [0.717, 1.165) is 37.1 Å². The number of hydrogen-bond donors (Lipinski definition) is 2. The average Bonchev–Trinajstić information content (AvgIpc) is 3.18. The number of piperidine rings is 1. The Labute approximate surface area is 330 Å². The molecule has 1 saturated heterocycles. The molecule has 0 saturated carbocycles. The Hall–Kier alpha value is -4.65. The second kappa shape index (κ2) is 21.3. The van der Waals surface area contributed by atoms with Crippen molar-refractivity contribution < 1.29 is 28.6 Å². The van der Waals surface area contributed by atoms with Gasteiger partial charge in [0.25, 0.3) is 17.7 Å². The minimum absolute atomic E-state index is 0. The number of nitrogens with zero attached hydrogens (tertiary/aromatic N) is 3. The van der Waals surface area contributed by atoms with Crippen molar-refractivity contribution in [2.24, 2.45) is 5.73 Å². The number of amides is 3. The Morgan fingerprint density at radius 2 is 1.50 bits per heavy atom. The van der Waals surface area contributed by atoms with Gasteiger partial charge in [-0.05, 0) is 99.6 Å². The van der Waals surface area contributed by atoms with Crippen LogP contribution in [0.1, 0.15) is 61.5 Å². The SMILES string of the molecule is COc1cc(C(=O)N(C)c2ccc(COCc3ccccc3C(=O)N3CCC(N(C)C)CC3)cc2)ccc1NC(=O)c1ccccc1OCCCN.Cl.Cl. The van der Waals surface area contributed by atoms with Gasteiger partial charge in [0.05, 0.1) is 38.2 Å². The molecule has 1 aliphatic rings. The van der Waals surface area contributed by atoms with Gasteiger partial charge >= 0.3 is 0 Å². The molecule has 1 fully saturated rings. The average molecular weight is 781 g/mol. The molecule has 0 spiro atoms. The Bertz CT molecular complexity index is 1830. The lowest BCUT2D eigenvalue weighted by atomic mass is 10.0. The maximum Gasteiger partial charge on any atom is 0.259 e. The fourth-order valence-corrected chi connectivity index (χ4v) is 6.18. The van der Waals surface area contributed by atoms with E-state index < -0.39 is 0 Å². The molecule has 0 bridgehead atoms. The zero-order chi connectivity index (χ0) is 37.0. The third kappa shape index (κ3) is 11.2. The number of ether oxygens (including phenoxy) is 3. The number of halogens is 2. The van der Waals surface area contributed by atoms with E-state index in [4.69, 9.17) is 19.9 Å². The number of hydrogen-bond acceptors (Lipinski definition) is 8. The first-order chi connectivity index (χ1) is 25.2. The van der Waals surface area contributed by atoms with E-state index in [1.807, 2.05) is 53.4 Å². The van der Waals surface area contributed by atoms with Crippen molar-refractivity contribution in [2.45, 2.75) is 38.5 Å². The number of methoxy groups -OCH3 is 1. The summed E-state index contributed by atoms with van der Waals surface area (Å²) < 4.78 is 17.4. The molecule has 4 aromatic rings. The second-order valence-corrected chi connectivity index (χ2v) is 13.0. The third-order valence-electron chi connectivity index (χ3n) is 9.32. The Balaban J connectivity index is 0.00000392. The van der Waals surface area contributed by atoms with E-state index in [2.05, 4.69) is 24.3 Å². The number of nitrogens with one attached hydrogen (secondary N) is 1. The van der Waals surface area contributed by atoms with Crippen molar-refractivity contribution in [2.75, 3.05) is 64.7 Å². The number of rotatable bonds is 15. The van der Waals surface area contributed by atoms with E-state index in [1.54, 1.807) is 54.4 Å². The monoisotopic (exact) mass is 779 g/mol. The maximum atomic E-state index is 13.5. The van der Waals surface area contributed by atoms with Gasteiger partial charge in [0.15, 0.2) is 0 Å². The van der Waals surface area contributed by atoms with Crippen molar-refractivity contribution in [3.8, 4) is 11.5 Å². The fraction of sp³-hybridized carbons (Fsp3) is 0.341. The minimum Gasteiger partial charge on any atom is -0.495 e. The molecule has 0 radical (unpaired) electrons. The summed E-state index contributed by atoms with van der Waals surface area (Å²) in [5.41, 5.74) is 9.94. The zero-order valence-electron chi connectivity index (χ0n) is 31.3. The van der Waals surface area contributed by atoms with Crippen molar-refractivity contribution in [1.82, 2.24) is 9.80 Å². The molecule has 4 aromatic carbocycles. The van der Waals surface area contributed by atoms with Gasteiger partial charge in [0, 0.05) is 43.0 Å². The van der Waals surface area contributed by atoms with Gasteiger partial charge in [-0.2, -0.15) is 0 Å². The number of para-hydroxylation sites is 1. The quantitative estimate of drug-likeness (QED) is 0.128. The summed E-state index contributed by atoms with van der Waals surface area (Å²) in [6.07, 6.45) is 2.61. The van der Waals surface area contributed by atoms with Crippen LogP contribution in [0.4, 0.5) is 11.4 Å². The molecule has 5 rings (SSSR count). The van der Waals surface area contributed by atoms with Crippen LogP contribution in [0.2, 0.25) is 0 Å². The molecule has 54 heavy (non-hydrogen) atoms. The normalized spacial score (nSPS) is 12.7. The number of nitrogens with two attached hydrogens (primary N) is 1. The van der Waals surface area contributed by atoms with Crippen LogP contribution in [0, 0.1) is 0 Å². The summed E-state index contributed by atoms with van der Waals surface area (Å²) in [5, 5.41) is 2.87. The molecule has 0 aliphatic carbocycles. The molecular weight excluding hydrogens is 729 g/mol. The van der Waals surface area contributed by atoms with Crippen LogP contribution in [0.3, 0.4) is 0 Å². The predicted molar refractivity (Wildman–Crippen MR) is 218 cm³/mol. The summed E-state index contributed by atoms with van der Waals surface area (Å²) in [5.74, 6) is 0.249. The van der Waals surface area contributed by atoms with E-state index in [-0.39, 0.29) is 42.5 Å². The molecule has 1 aliphatic heterocycles. The summed E-state index contributed by atoms with van der Waals surface area (Å²) >= 11 is 0. The third-order valence-corrected chi connectivity index (χ3v) is 9.32. The van der Waals surface area contributed by atoms with Crippen LogP contribution in [0.15, 0.2) is 91.0 Å². The number of likely N-dealkylation sites (tertiary alicyclic amines) is 1. The lowest BCUT2D eigenvalue weighted by Gasteiger charge is -2.35. The highest BCUT2D eigenvalue weighted by atomic mass is 35.5. The Morgan fingerprint density at radius 1 is 0.833 bits per heavy atom. The first kappa shape index (κ1) is 43.8. The van der Waals surface area contributed by atoms with Crippen molar-refractivity contribution in [3.05, 3.63) is 119 Å². The Morgan fingerprint density at radius 3 is 2.17 bits per heavy atom. The molecule has 11 nitrogen and oxygen atoms in total. The van der Waals surface area contributed by atoms with Crippen molar-refractivity contribution >= 4 is 53.9 Å².